The first-order valence-corrected chi connectivity index (χ1v) is 23.3. The molecule has 0 spiro atoms. The molecule has 4 heterocycles. The number of aliphatic hydroxyl groups is 5. The van der Waals surface area contributed by atoms with Gasteiger partial charge in [0.2, 0.25) is 12.0 Å². The Labute approximate surface area is 405 Å². The van der Waals surface area contributed by atoms with Gasteiger partial charge in [0.05, 0.1) is 6.61 Å². The van der Waals surface area contributed by atoms with Crippen LogP contribution >= 0.6 is 0 Å². The third-order valence-corrected chi connectivity index (χ3v) is 14.2. The van der Waals surface area contributed by atoms with E-state index in [1.54, 1.807) is 36.4 Å². The van der Waals surface area contributed by atoms with Crippen LogP contribution in [0.2, 0.25) is 0 Å². The molecule has 3 fully saturated rings. The number of nitrogen functional groups attached to an aromatic ring is 1. The Hall–Kier alpha value is -6.94. The van der Waals surface area contributed by atoms with Gasteiger partial charge in [-0.3, -0.25) is 10.1 Å². The lowest BCUT2D eigenvalue weighted by atomic mass is 9.59. The number of aliphatic hydroxyl groups excluding tert-OH is 3. The lowest BCUT2D eigenvalue weighted by molar-refractivity contribution is -0.344. The molecule has 1 saturated carbocycles. The number of benzene rings is 4. The number of rotatable bonds is 15. The molecule has 2 bridgehead atoms. The number of aromatic amines is 1. The molecule has 6 aromatic rings. The van der Waals surface area contributed by atoms with Crippen molar-refractivity contribution < 1.29 is 69.0 Å². The number of phenolic OH excluding ortho intramolecular Hbond substituents is 2. The summed E-state index contributed by atoms with van der Waals surface area (Å²) in [7, 11) is 0. The largest absolute Gasteiger partial charge is 0.508 e. The van der Waals surface area contributed by atoms with E-state index in [1.165, 1.54) is 36.4 Å². The van der Waals surface area contributed by atoms with E-state index in [4.69, 9.17) is 29.1 Å². The molecule has 71 heavy (non-hydrogen) atoms. The second-order valence-corrected chi connectivity index (χ2v) is 18.7. The van der Waals surface area contributed by atoms with E-state index in [0.29, 0.717) is 67.1 Å². The SMILES string of the molecule is Nc1ccc(C(O)C(CO)Oc2ccc(-c3cc(=O)c4c(O)c(OC5(c6cccc(O)c6)CCCC5)c(OC5OC(C(=O)O)C6(O)C(C7CNCN7)C(Cc7ccccc7)=CC5(O)C6O)cc4o3)cc2)[nH]1. The maximum Gasteiger partial charge on any atom is 0.336 e. The Morgan fingerprint density at radius 3 is 2.37 bits per heavy atom. The number of carboxylic acids is 1. The van der Waals surface area contributed by atoms with Gasteiger partial charge in [-0.2, -0.15) is 0 Å². The molecule has 2 aromatic heterocycles. The lowest BCUT2D eigenvalue weighted by Crippen LogP contribution is -2.79. The van der Waals surface area contributed by atoms with Crippen LogP contribution in [0.25, 0.3) is 22.3 Å². The van der Waals surface area contributed by atoms with E-state index in [0.717, 1.165) is 11.6 Å². The number of anilines is 1. The standard InChI is InChI=1S/C52H54N4O15/c53-40-16-15-33(56-40)43(60)39(25-57)67-32-13-11-28(12-14-32)36-21-35(59)41-37(68-36)22-38(45(44(41)61)71-50(17-4-5-18-50)30-9-6-10-31(58)20-30)69-49-51(65)23-29(19-27-7-2-1-3-8-27)42(34-24-54-26-55-34)52(66,48(51)64)46(70-49)47(62)63/h1-3,6-16,20-23,34,39,42-43,46,48-49,54-58,60-61,64-66H,4-5,17-19,24-26,53H2,(H,62,63). The third-order valence-electron chi connectivity index (χ3n) is 14.2. The fourth-order valence-corrected chi connectivity index (χ4v) is 10.8. The number of nitrogens with two attached hydrogens (primary N) is 1. The van der Waals surface area contributed by atoms with Gasteiger partial charge in [-0.25, -0.2) is 4.79 Å². The summed E-state index contributed by atoms with van der Waals surface area (Å²) in [6.45, 7) is 0.0776. The van der Waals surface area contributed by atoms with Gasteiger partial charge < -0.3 is 80.3 Å². The van der Waals surface area contributed by atoms with Crippen molar-refractivity contribution in [3.63, 3.8) is 0 Å². The minimum absolute atomic E-state index is 0.0153. The van der Waals surface area contributed by atoms with Gasteiger partial charge in [-0.05, 0) is 97.8 Å². The van der Waals surface area contributed by atoms with Crippen LogP contribution in [0.5, 0.6) is 28.7 Å². The van der Waals surface area contributed by atoms with Gasteiger partial charge in [0.1, 0.15) is 57.5 Å². The van der Waals surface area contributed by atoms with Crippen LogP contribution in [0.15, 0.2) is 124 Å². The Morgan fingerprint density at radius 1 is 0.944 bits per heavy atom. The molecule has 372 valence electrons. The van der Waals surface area contributed by atoms with Crippen molar-refractivity contribution in [1.29, 1.82) is 0 Å². The van der Waals surface area contributed by atoms with Crippen LogP contribution in [-0.2, 0) is 21.6 Å². The molecule has 2 saturated heterocycles. The summed E-state index contributed by atoms with van der Waals surface area (Å²) < 4.78 is 31.6. The highest BCUT2D eigenvalue weighted by molar-refractivity contribution is 5.90. The number of nitrogens with one attached hydrogen (secondary N) is 3. The van der Waals surface area contributed by atoms with E-state index in [2.05, 4.69) is 15.6 Å². The van der Waals surface area contributed by atoms with Crippen molar-refractivity contribution in [3.8, 4) is 40.1 Å². The van der Waals surface area contributed by atoms with Gasteiger partial charge in [0.25, 0.3) is 0 Å². The first-order chi connectivity index (χ1) is 34.1. The second kappa shape index (κ2) is 18.7. The molecular formula is C52H54N4O15. The third kappa shape index (κ3) is 8.53. The molecule has 10 rings (SSSR count). The average Bonchev–Trinajstić information content (AvgIpc) is 4.16. The number of aliphatic carboxylic acids is 1. The minimum Gasteiger partial charge on any atom is -0.508 e. The van der Waals surface area contributed by atoms with Crippen molar-refractivity contribution in [2.24, 2.45) is 5.92 Å². The zero-order valence-corrected chi connectivity index (χ0v) is 38.1. The molecule has 4 aromatic carbocycles. The van der Waals surface area contributed by atoms with Crippen molar-refractivity contribution in [2.75, 3.05) is 25.6 Å². The highest BCUT2D eigenvalue weighted by atomic mass is 16.7. The maximum absolute atomic E-state index is 14.2. The summed E-state index contributed by atoms with van der Waals surface area (Å²) in [5.74, 6) is -3.76. The molecule has 0 amide bonds. The van der Waals surface area contributed by atoms with E-state index in [1.807, 2.05) is 30.3 Å². The fraction of sp³-hybridized carbons (Fsp3) is 0.346. The molecule has 2 aliphatic carbocycles. The first-order valence-electron chi connectivity index (χ1n) is 23.3. The topological polar surface area (TPSA) is 312 Å². The fourth-order valence-electron chi connectivity index (χ4n) is 10.8. The summed E-state index contributed by atoms with van der Waals surface area (Å²) in [6, 6.07) is 26.6. The van der Waals surface area contributed by atoms with Gasteiger partial charge in [0.15, 0.2) is 34.7 Å². The van der Waals surface area contributed by atoms with Crippen molar-refractivity contribution in [2.45, 2.75) is 85.7 Å². The van der Waals surface area contributed by atoms with Crippen LogP contribution < -0.4 is 36.0 Å². The summed E-state index contributed by atoms with van der Waals surface area (Å²) in [4.78, 5) is 30.3. The molecule has 4 aliphatic rings. The molecule has 19 heteroatoms. The number of phenols is 2. The van der Waals surface area contributed by atoms with Gasteiger partial charge >= 0.3 is 5.97 Å². The molecular weight excluding hydrogens is 921 g/mol. The quantitative estimate of drug-likeness (QED) is 0.0656. The van der Waals surface area contributed by atoms with Crippen LogP contribution in [0.1, 0.15) is 48.6 Å². The van der Waals surface area contributed by atoms with Crippen LogP contribution in [0, 0.1) is 5.92 Å². The first kappa shape index (κ1) is 47.7. The number of H-pyrrole nitrogens is 1. The van der Waals surface area contributed by atoms with E-state index in [-0.39, 0.29) is 34.6 Å². The zero-order chi connectivity index (χ0) is 49.8. The van der Waals surface area contributed by atoms with Gasteiger partial charge in [-0.1, -0.05) is 48.0 Å². The van der Waals surface area contributed by atoms with Crippen LogP contribution in [-0.4, -0.2) is 113 Å². The zero-order valence-electron chi connectivity index (χ0n) is 38.1. The highest BCUT2D eigenvalue weighted by Gasteiger charge is 2.71. The average molecular weight is 975 g/mol. The molecule has 0 radical (unpaired) electrons. The monoisotopic (exact) mass is 974 g/mol. The van der Waals surface area contributed by atoms with Crippen molar-refractivity contribution >= 4 is 22.8 Å². The number of hydrogen-bond donors (Lipinski definition) is 12. The Kier molecular flexibility index (Phi) is 12.5. The Morgan fingerprint density at radius 2 is 1.70 bits per heavy atom. The predicted octanol–water partition coefficient (Wildman–Crippen LogP) is 3.43. The number of aromatic hydroxyl groups is 2. The van der Waals surface area contributed by atoms with Gasteiger partial charge in [-0.15, -0.1) is 0 Å². The number of hydrogen-bond acceptors (Lipinski definition) is 17. The Bertz CT molecular complexity index is 3020. The number of carbonyl (C=O) groups is 1. The van der Waals surface area contributed by atoms with Crippen LogP contribution in [0.4, 0.5) is 5.82 Å². The molecule has 9 atom stereocenters. The molecule has 13 N–H and O–H groups in total. The Balaban J connectivity index is 1.08. The predicted molar refractivity (Wildman–Crippen MR) is 254 cm³/mol. The minimum atomic E-state index is -2.65. The maximum atomic E-state index is 14.2. The summed E-state index contributed by atoms with van der Waals surface area (Å²) >= 11 is 0. The van der Waals surface area contributed by atoms with Crippen molar-refractivity contribution in [3.05, 3.63) is 142 Å². The van der Waals surface area contributed by atoms with Crippen LogP contribution in [0.3, 0.4) is 0 Å². The van der Waals surface area contributed by atoms with E-state index in [9.17, 15) is 50.4 Å². The second-order valence-electron chi connectivity index (χ2n) is 18.7. The van der Waals surface area contributed by atoms with Gasteiger partial charge in [0, 0.05) is 48.6 Å². The summed E-state index contributed by atoms with van der Waals surface area (Å²) in [5.41, 5.74) is 0.732. The smallest absolute Gasteiger partial charge is 0.336 e. The number of carboxylic acid groups (broad SMARTS) is 1. The van der Waals surface area contributed by atoms with E-state index >= 15 is 0 Å². The normalized spacial score (nSPS) is 26.7. The molecule has 19 nitrogen and oxygen atoms in total. The number of aromatic nitrogens is 1. The van der Waals surface area contributed by atoms with Crippen molar-refractivity contribution in [1.82, 2.24) is 15.6 Å². The summed E-state index contributed by atoms with van der Waals surface area (Å²) in [5, 5.41) is 98.4. The highest BCUT2D eigenvalue weighted by Crippen LogP contribution is 2.54. The summed E-state index contributed by atoms with van der Waals surface area (Å²) in [6.07, 6.45) is -5.26. The number of ether oxygens (including phenoxy) is 4. The molecule has 9 unspecified atom stereocenters. The number of fused-ring (bicyclic) bond motifs is 3. The van der Waals surface area contributed by atoms with E-state index < -0.39 is 94.7 Å². The lowest BCUT2D eigenvalue weighted by Gasteiger charge is -2.58. The molecule has 2 aliphatic heterocycles.